The second kappa shape index (κ2) is 8.03. The van der Waals surface area contributed by atoms with Gasteiger partial charge in [0.15, 0.2) is 5.60 Å². The molecule has 2 aliphatic heterocycles. The van der Waals surface area contributed by atoms with E-state index in [1.807, 2.05) is 26.0 Å². The zero-order valence-corrected chi connectivity index (χ0v) is 16.9. The molecule has 3 rings (SSSR count). The molecular weight excluding hydrogens is 386 g/mol. The Balaban J connectivity index is 1.76. The molecule has 156 valence electrons. The first-order valence-corrected chi connectivity index (χ1v) is 10.9. The highest BCUT2D eigenvalue weighted by atomic mass is 32.2. The number of aromatic nitrogens is 1. The molecular formula is C18H27N3O6S. The van der Waals surface area contributed by atoms with Crippen molar-refractivity contribution in [1.82, 2.24) is 14.8 Å². The lowest BCUT2D eigenvalue weighted by Gasteiger charge is -2.41. The van der Waals surface area contributed by atoms with E-state index in [0.717, 1.165) is 17.0 Å². The Kier molecular flexibility index (Phi) is 6.06. The maximum absolute atomic E-state index is 13.2. The van der Waals surface area contributed by atoms with Gasteiger partial charge < -0.3 is 9.84 Å². The third kappa shape index (κ3) is 3.92. The van der Waals surface area contributed by atoms with E-state index in [1.165, 1.54) is 9.79 Å². The lowest BCUT2D eigenvalue weighted by molar-refractivity contribution is -0.161. The molecule has 0 saturated carbocycles. The molecule has 3 heterocycles. The first kappa shape index (κ1) is 21.1. The number of nitrogens with zero attached hydrogens (tertiary/aromatic N) is 2. The largest absolute Gasteiger partial charge is 0.378 e. The highest BCUT2D eigenvalue weighted by Crippen LogP contribution is 2.34. The van der Waals surface area contributed by atoms with E-state index >= 15 is 0 Å². The first-order chi connectivity index (χ1) is 13.2. The highest BCUT2D eigenvalue weighted by molar-refractivity contribution is 7.89. The second-order valence-electron chi connectivity index (χ2n) is 7.60. The molecule has 0 aliphatic carbocycles. The fourth-order valence-corrected chi connectivity index (χ4v) is 6.32. The Morgan fingerprint density at radius 3 is 2.43 bits per heavy atom. The van der Waals surface area contributed by atoms with Crippen molar-refractivity contribution >= 4 is 15.9 Å². The quantitative estimate of drug-likeness (QED) is 0.476. The van der Waals surface area contributed by atoms with E-state index < -0.39 is 33.4 Å². The number of hydrogen-bond donors (Lipinski definition) is 3. The van der Waals surface area contributed by atoms with Crippen LogP contribution in [0.25, 0.3) is 0 Å². The smallest absolute Gasteiger partial charge is 0.279 e. The molecule has 0 aromatic carbocycles. The van der Waals surface area contributed by atoms with Gasteiger partial charge in [-0.1, -0.05) is 0 Å². The van der Waals surface area contributed by atoms with Crippen LogP contribution in [0.1, 0.15) is 42.1 Å². The second-order valence-corrected chi connectivity index (χ2v) is 9.71. The summed E-state index contributed by atoms with van der Waals surface area (Å²) in [5.74, 6) is -0.931. The van der Waals surface area contributed by atoms with Crippen molar-refractivity contribution in [2.75, 3.05) is 26.3 Å². The van der Waals surface area contributed by atoms with E-state index in [9.17, 15) is 18.3 Å². The summed E-state index contributed by atoms with van der Waals surface area (Å²) in [7, 11) is -3.95. The first-order valence-electron chi connectivity index (χ1n) is 9.37. The number of nitrogens with one attached hydrogen (secondary N) is 1. The molecule has 2 unspecified atom stereocenters. The number of rotatable bonds is 4. The number of carbonyl (C=O) groups excluding carboxylic acids is 1. The summed E-state index contributed by atoms with van der Waals surface area (Å²) in [5, 5.41) is 18.2. The number of aliphatic hydroxyl groups is 1. The average molecular weight is 413 g/mol. The van der Waals surface area contributed by atoms with Gasteiger partial charge in [-0.25, -0.2) is 18.2 Å². The molecule has 2 saturated heterocycles. The Hall–Kier alpha value is -1.59. The van der Waals surface area contributed by atoms with E-state index in [-0.39, 0.29) is 18.9 Å². The van der Waals surface area contributed by atoms with Crippen LogP contribution in [0.2, 0.25) is 0 Å². The summed E-state index contributed by atoms with van der Waals surface area (Å²) < 4.78 is 32.8. The van der Waals surface area contributed by atoms with Crippen LogP contribution in [-0.4, -0.2) is 71.1 Å². The fraction of sp³-hybridized carbons (Fsp3) is 0.667. The molecule has 9 nitrogen and oxygen atoms in total. The topological polar surface area (TPSA) is 129 Å². The van der Waals surface area contributed by atoms with Gasteiger partial charge in [-0.15, -0.1) is 0 Å². The number of aryl methyl sites for hydroxylation is 2. The molecule has 28 heavy (non-hydrogen) atoms. The van der Waals surface area contributed by atoms with Gasteiger partial charge in [0, 0.05) is 31.1 Å². The van der Waals surface area contributed by atoms with Gasteiger partial charge in [-0.3, -0.25) is 15.0 Å². The zero-order valence-electron chi connectivity index (χ0n) is 16.1. The van der Waals surface area contributed by atoms with Crippen LogP contribution in [-0.2, 0) is 19.6 Å². The summed E-state index contributed by atoms with van der Waals surface area (Å²) in [6.45, 7) is 4.14. The van der Waals surface area contributed by atoms with Crippen molar-refractivity contribution in [1.29, 1.82) is 0 Å². The predicted molar refractivity (Wildman–Crippen MR) is 100 cm³/mol. The van der Waals surface area contributed by atoms with Crippen molar-refractivity contribution in [2.45, 2.75) is 49.9 Å². The van der Waals surface area contributed by atoms with Crippen LogP contribution < -0.4 is 5.48 Å². The summed E-state index contributed by atoms with van der Waals surface area (Å²) in [6.07, 6.45) is 1.28. The Bertz CT molecular complexity index is 817. The highest BCUT2D eigenvalue weighted by Gasteiger charge is 2.54. The third-order valence-electron chi connectivity index (χ3n) is 5.62. The number of sulfonamides is 1. The molecule has 0 radical (unpaired) electrons. The van der Waals surface area contributed by atoms with Crippen molar-refractivity contribution in [2.24, 2.45) is 0 Å². The van der Waals surface area contributed by atoms with E-state index in [2.05, 4.69) is 4.98 Å². The predicted octanol–water partition coefficient (Wildman–Crippen LogP) is 0.233. The summed E-state index contributed by atoms with van der Waals surface area (Å²) in [6, 6.07) is 4.06. The molecule has 1 amide bonds. The molecule has 2 aliphatic rings. The number of ether oxygens (including phenoxy) is 1. The molecule has 1 aromatic heterocycles. The van der Waals surface area contributed by atoms with Crippen molar-refractivity contribution in [3.8, 4) is 0 Å². The molecule has 0 spiro atoms. The lowest BCUT2D eigenvalue weighted by Crippen LogP contribution is -2.64. The van der Waals surface area contributed by atoms with Gasteiger partial charge >= 0.3 is 0 Å². The number of pyridine rings is 1. The molecule has 3 N–H and O–H groups in total. The number of hydrogen-bond acceptors (Lipinski definition) is 7. The van der Waals surface area contributed by atoms with E-state index in [1.54, 1.807) is 0 Å². The molecule has 2 atom stereocenters. The van der Waals surface area contributed by atoms with Gasteiger partial charge in [-0.05, 0) is 56.7 Å². The van der Waals surface area contributed by atoms with Gasteiger partial charge in [-0.2, -0.15) is 0 Å². The minimum absolute atomic E-state index is 0.0189. The van der Waals surface area contributed by atoms with Gasteiger partial charge in [0.2, 0.25) is 10.0 Å². The maximum atomic E-state index is 13.2. The Labute approximate surface area is 164 Å². The number of amides is 1. The van der Waals surface area contributed by atoms with Gasteiger partial charge in [0.25, 0.3) is 5.91 Å². The van der Waals surface area contributed by atoms with Gasteiger partial charge in [0.05, 0.1) is 6.61 Å². The minimum atomic E-state index is -3.95. The van der Waals surface area contributed by atoms with Crippen molar-refractivity contribution < 1.29 is 28.3 Å². The average Bonchev–Trinajstić information content (AvgIpc) is 2.66. The SMILES string of the molecule is Cc1cc(C2CCN(S(=O)(=O)C3CCOCC3(O)C(=O)NO)CC2)cc(C)n1. The Morgan fingerprint density at radius 1 is 1.25 bits per heavy atom. The van der Waals surface area contributed by atoms with E-state index in [0.29, 0.717) is 25.9 Å². The molecule has 2 fully saturated rings. The summed E-state index contributed by atoms with van der Waals surface area (Å²) in [4.78, 5) is 16.3. The van der Waals surface area contributed by atoms with Crippen LogP contribution in [0.3, 0.4) is 0 Å². The van der Waals surface area contributed by atoms with Crippen molar-refractivity contribution in [3.63, 3.8) is 0 Å². The van der Waals surface area contributed by atoms with Crippen LogP contribution in [0.4, 0.5) is 0 Å². The normalized spacial score (nSPS) is 27.5. The minimum Gasteiger partial charge on any atom is -0.378 e. The van der Waals surface area contributed by atoms with Crippen LogP contribution in [0.15, 0.2) is 12.1 Å². The fourth-order valence-electron chi connectivity index (χ4n) is 4.18. The molecule has 1 aromatic rings. The zero-order chi connectivity index (χ0) is 20.5. The monoisotopic (exact) mass is 413 g/mol. The van der Waals surface area contributed by atoms with Crippen molar-refractivity contribution in [3.05, 3.63) is 29.1 Å². The number of carbonyl (C=O) groups is 1. The molecule has 10 heteroatoms. The summed E-state index contributed by atoms with van der Waals surface area (Å²) in [5.41, 5.74) is 2.08. The maximum Gasteiger partial charge on any atom is 0.279 e. The van der Waals surface area contributed by atoms with Crippen LogP contribution in [0.5, 0.6) is 0 Å². The molecule has 0 bridgehead atoms. The lowest BCUT2D eigenvalue weighted by atomic mass is 9.90. The van der Waals surface area contributed by atoms with Crippen LogP contribution >= 0.6 is 0 Å². The standard InChI is InChI=1S/C18H27N3O6S/c1-12-9-15(10-13(2)19-12)14-3-6-21(7-4-14)28(25,26)16-5-8-27-11-18(16,23)17(22)20-24/h9-10,14,16,23-24H,3-8,11H2,1-2H3,(H,20,22). The summed E-state index contributed by atoms with van der Waals surface area (Å²) >= 11 is 0. The van der Waals surface area contributed by atoms with E-state index in [4.69, 9.17) is 9.94 Å². The number of hydroxylamine groups is 1. The Morgan fingerprint density at radius 2 is 1.86 bits per heavy atom. The van der Waals surface area contributed by atoms with Crippen LogP contribution in [0, 0.1) is 13.8 Å². The van der Waals surface area contributed by atoms with Gasteiger partial charge in [0.1, 0.15) is 5.25 Å². The number of piperidine rings is 1. The third-order valence-corrected chi connectivity index (χ3v) is 8.05.